The van der Waals surface area contributed by atoms with Crippen molar-refractivity contribution in [2.24, 2.45) is 0 Å². The van der Waals surface area contributed by atoms with Crippen molar-refractivity contribution in [1.82, 2.24) is 10.3 Å². The minimum atomic E-state index is -0.0981. The zero-order valence-electron chi connectivity index (χ0n) is 10.1. The molecule has 1 aromatic heterocycles. The Morgan fingerprint density at radius 3 is 2.94 bits per heavy atom. The predicted octanol–water partition coefficient (Wildman–Crippen LogP) is 1.20. The second-order valence-corrected chi connectivity index (χ2v) is 3.66. The lowest BCUT2D eigenvalue weighted by Crippen LogP contribution is -2.30. The van der Waals surface area contributed by atoms with Gasteiger partial charge in [0.05, 0.1) is 12.1 Å². The molecule has 17 heavy (non-hydrogen) atoms. The number of hydrogen-bond acceptors (Lipinski definition) is 4. The van der Waals surface area contributed by atoms with Crippen LogP contribution in [0.25, 0.3) is 0 Å². The normalized spacial score (nSPS) is 9.47. The number of carbonyl (C=O) groups excluding carboxylic acids is 1. The molecule has 5 nitrogen and oxygen atoms in total. The minimum Gasteiger partial charge on any atom is -0.360 e. The smallest absolute Gasteiger partial charge is 0.239 e. The van der Waals surface area contributed by atoms with Gasteiger partial charge in [-0.05, 0) is 25.5 Å². The Morgan fingerprint density at radius 1 is 1.53 bits per heavy atom. The maximum Gasteiger partial charge on any atom is 0.239 e. The molecule has 1 aromatic rings. The Kier molecular flexibility index (Phi) is 4.95. The molecule has 90 valence electrons. The van der Waals surface area contributed by atoms with Gasteiger partial charge in [-0.15, -0.1) is 0 Å². The van der Waals surface area contributed by atoms with Crippen molar-refractivity contribution in [2.75, 3.05) is 18.4 Å². The number of aryl methyl sites for hydroxylation is 1. The number of pyridine rings is 1. The van der Waals surface area contributed by atoms with Gasteiger partial charge in [0.2, 0.25) is 5.91 Å². The fraction of sp³-hybridized carbons (Fsp3) is 0.417. The molecule has 1 rings (SSSR count). The molecule has 0 fully saturated rings. The van der Waals surface area contributed by atoms with E-state index in [4.69, 9.17) is 5.26 Å². The summed E-state index contributed by atoms with van der Waals surface area (Å²) in [6, 6.07) is 5.49. The maximum absolute atomic E-state index is 11.4. The molecule has 0 saturated heterocycles. The Bertz CT molecular complexity index is 437. The zero-order valence-corrected chi connectivity index (χ0v) is 10.1. The van der Waals surface area contributed by atoms with E-state index in [1.807, 2.05) is 19.9 Å². The highest BCUT2D eigenvalue weighted by atomic mass is 16.1. The number of nitrogens with zero attached hydrogens (tertiary/aromatic N) is 2. The van der Waals surface area contributed by atoms with Crippen LogP contribution in [0.5, 0.6) is 0 Å². The molecular weight excluding hydrogens is 216 g/mol. The summed E-state index contributed by atoms with van der Waals surface area (Å²) in [5.74, 6) is 0.359. The van der Waals surface area contributed by atoms with E-state index in [2.05, 4.69) is 15.6 Å². The maximum atomic E-state index is 11.4. The van der Waals surface area contributed by atoms with Crippen molar-refractivity contribution in [1.29, 1.82) is 5.26 Å². The highest BCUT2D eigenvalue weighted by molar-refractivity contribution is 5.80. The van der Waals surface area contributed by atoms with Gasteiger partial charge in [0, 0.05) is 12.2 Å². The van der Waals surface area contributed by atoms with Crippen molar-refractivity contribution in [3.8, 4) is 6.07 Å². The Balaban J connectivity index is 2.60. The van der Waals surface area contributed by atoms with E-state index in [1.54, 1.807) is 12.1 Å². The summed E-state index contributed by atoms with van der Waals surface area (Å²) >= 11 is 0. The molecule has 1 amide bonds. The average molecular weight is 232 g/mol. The molecule has 0 saturated carbocycles. The molecule has 1 heterocycles. The molecule has 0 bridgehead atoms. The van der Waals surface area contributed by atoms with E-state index in [0.29, 0.717) is 17.9 Å². The van der Waals surface area contributed by atoms with E-state index >= 15 is 0 Å². The second-order valence-electron chi connectivity index (χ2n) is 3.66. The SMILES string of the molecule is CCCNC(=O)CNc1nc(C)ccc1C#N. The van der Waals surface area contributed by atoms with Crippen LogP contribution in [-0.4, -0.2) is 24.0 Å². The van der Waals surface area contributed by atoms with Gasteiger partial charge in [0.25, 0.3) is 0 Å². The number of nitrogens with one attached hydrogen (secondary N) is 2. The molecule has 0 aliphatic carbocycles. The van der Waals surface area contributed by atoms with Gasteiger partial charge in [-0.1, -0.05) is 6.92 Å². The number of nitriles is 1. The lowest BCUT2D eigenvalue weighted by atomic mass is 10.2. The van der Waals surface area contributed by atoms with Gasteiger partial charge >= 0.3 is 0 Å². The topological polar surface area (TPSA) is 77.8 Å². The minimum absolute atomic E-state index is 0.0981. The fourth-order valence-corrected chi connectivity index (χ4v) is 1.27. The van der Waals surface area contributed by atoms with Crippen molar-refractivity contribution in [3.63, 3.8) is 0 Å². The van der Waals surface area contributed by atoms with Crippen LogP contribution in [0.4, 0.5) is 5.82 Å². The van der Waals surface area contributed by atoms with Gasteiger partial charge < -0.3 is 10.6 Å². The van der Waals surface area contributed by atoms with Crippen LogP contribution in [0.15, 0.2) is 12.1 Å². The van der Waals surface area contributed by atoms with Gasteiger partial charge in [0.15, 0.2) is 0 Å². The lowest BCUT2D eigenvalue weighted by molar-refractivity contribution is -0.119. The summed E-state index contributed by atoms with van der Waals surface area (Å²) in [7, 11) is 0. The third-order valence-electron chi connectivity index (χ3n) is 2.14. The molecule has 0 radical (unpaired) electrons. The Morgan fingerprint density at radius 2 is 2.29 bits per heavy atom. The summed E-state index contributed by atoms with van der Waals surface area (Å²) in [6.07, 6.45) is 0.901. The van der Waals surface area contributed by atoms with E-state index in [-0.39, 0.29) is 12.5 Å². The summed E-state index contributed by atoms with van der Waals surface area (Å²) in [6.45, 7) is 4.62. The van der Waals surface area contributed by atoms with Crippen LogP contribution < -0.4 is 10.6 Å². The second kappa shape index (κ2) is 6.48. The number of anilines is 1. The van der Waals surface area contributed by atoms with Crippen LogP contribution in [0.2, 0.25) is 0 Å². The first-order valence-corrected chi connectivity index (χ1v) is 5.55. The van der Waals surface area contributed by atoms with Crippen molar-refractivity contribution in [2.45, 2.75) is 20.3 Å². The van der Waals surface area contributed by atoms with Crippen LogP contribution in [0.1, 0.15) is 24.6 Å². The van der Waals surface area contributed by atoms with E-state index in [1.165, 1.54) is 0 Å². The number of carbonyl (C=O) groups is 1. The summed E-state index contributed by atoms with van der Waals surface area (Å²) in [5.41, 5.74) is 1.25. The molecule has 2 N–H and O–H groups in total. The molecule has 0 atom stereocenters. The fourth-order valence-electron chi connectivity index (χ4n) is 1.27. The third kappa shape index (κ3) is 4.11. The van der Waals surface area contributed by atoms with Crippen LogP contribution in [0.3, 0.4) is 0 Å². The van der Waals surface area contributed by atoms with Gasteiger partial charge in [-0.3, -0.25) is 4.79 Å². The first-order valence-electron chi connectivity index (χ1n) is 5.55. The number of rotatable bonds is 5. The molecule has 0 unspecified atom stereocenters. The number of hydrogen-bond donors (Lipinski definition) is 2. The highest BCUT2D eigenvalue weighted by Crippen LogP contribution is 2.11. The van der Waals surface area contributed by atoms with Gasteiger partial charge in [-0.25, -0.2) is 4.98 Å². The van der Waals surface area contributed by atoms with Crippen molar-refractivity contribution in [3.05, 3.63) is 23.4 Å². The lowest BCUT2D eigenvalue weighted by Gasteiger charge is -2.08. The monoisotopic (exact) mass is 232 g/mol. The first-order chi connectivity index (χ1) is 8.17. The molecule has 0 aliphatic heterocycles. The van der Waals surface area contributed by atoms with Gasteiger partial charge in [0.1, 0.15) is 11.9 Å². The van der Waals surface area contributed by atoms with Crippen LogP contribution >= 0.6 is 0 Å². The van der Waals surface area contributed by atoms with Crippen molar-refractivity contribution >= 4 is 11.7 Å². The Hall–Kier alpha value is -2.09. The average Bonchev–Trinajstić information content (AvgIpc) is 2.34. The summed E-state index contributed by atoms with van der Waals surface area (Å²) in [5, 5.41) is 14.5. The zero-order chi connectivity index (χ0) is 12.7. The summed E-state index contributed by atoms with van der Waals surface area (Å²) < 4.78 is 0. The molecule has 0 aromatic carbocycles. The third-order valence-corrected chi connectivity index (χ3v) is 2.14. The molecule has 0 aliphatic rings. The van der Waals surface area contributed by atoms with Crippen LogP contribution in [-0.2, 0) is 4.79 Å². The van der Waals surface area contributed by atoms with Crippen molar-refractivity contribution < 1.29 is 4.79 Å². The molecule has 0 spiro atoms. The molecular formula is C12H16N4O. The Labute approximate surface area is 101 Å². The van der Waals surface area contributed by atoms with Gasteiger partial charge in [-0.2, -0.15) is 5.26 Å². The predicted molar refractivity (Wildman–Crippen MR) is 65.5 cm³/mol. The highest BCUT2D eigenvalue weighted by Gasteiger charge is 2.05. The van der Waals surface area contributed by atoms with E-state index < -0.39 is 0 Å². The van der Waals surface area contributed by atoms with E-state index in [9.17, 15) is 4.79 Å². The largest absolute Gasteiger partial charge is 0.360 e. The molecule has 5 heteroatoms. The summed E-state index contributed by atoms with van der Waals surface area (Å²) in [4.78, 5) is 15.6. The quantitative estimate of drug-likeness (QED) is 0.799. The number of aromatic nitrogens is 1. The first kappa shape index (κ1) is 13.0. The standard InChI is InChI=1S/C12H16N4O/c1-3-6-14-11(17)8-15-12-10(7-13)5-4-9(2)16-12/h4-5H,3,6,8H2,1-2H3,(H,14,17)(H,15,16). The van der Waals surface area contributed by atoms with Crippen LogP contribution in [0, 0.1) is 18.3 Å². The van der Waals surface area contributed by atoms with E-state index in [0.717, 1.165) is 12.1 Å². The number of amides is 1.